The molecule has 1 atom stereocenters. The lowest BCUT2D eigenvalue weighted by Crippen LogP contribution is -2.33. The van der Waals surface area contributed by atoms with E-state index in [2.05, 4.69) is 20.8 Å². The van der Waals surface area contributed by atoms with Crippen LogP contribution >= 0.6 is 15.9 Å². The molecule has 0 heterocycles. The lowest BCUT2D eigenvalue weighted by molar-refractivity contribution is -0.147. The van der Waals surface area contributed by atoms with Gasteiger partial charge >= 0.3 is 5.97 Å². The highest BCUT2D eigenvalue weighted by Gasteiger charge is 2.36. The molecule has 104 valence electrons. The van der Waals surface area contributed by atoms with Crippen molar-refractivity contribution in [2.75, 3.05) is 21.3 Å². The fraction of sp³-hybridized carbons (Fsp3) is 0.500. The van der Waals surface area contributed by atoms with Gasteiger partial charge in [0.2, 0.25) is 0 Å². The van der Waals surface area contributed by atoms with Crippen molar-refractivity contribution >= 4 is 21.9 Å². The predicted molar refractivity (Wildman–Crippen MR) is 76.2 cm³/mol. The number of carbonyl (C=O) groups excluding carboxylic acids is 1. The Hall–Kier alpha value is -1.07. The molecule has 0 radical (unpaired) electrons. The first kappa shape index (κ1) is 14.3. The minimum absolute atomic E-state index is 0.230. The van der Waals surface area contributed by atoms with Gasteiger partial charge in [-0.2, -0.15) is 0 Å². The number of nitrogens with zero attached hydrogens (tertiary/aromatic N) is 1. The van der Waals surface area contributed by atoms with Gasteiger partial charge < -0.3 is 9.47 Å². The molecule has 4 nitrogen and oxygen atoms in total. The molecule has 1 fully saturated rings. The van der Waals surface area contributed by atoms with Crippen LogP contribution in [-0.2, 0) is 9.53 Å². The van der Waals surface area contributed by atoms with Crippen molar-refractivity contribution in [1.29, 1.82) is 0 Å². The molecule has 0 aromatic heterocycles. The Kier molecular flexibility index (Phi) is 4.47. The van der Waals surface area contributed by atoms with Crippen molar-refractivity contribution < 1.29 is 14.3 Å². The Morgan fingerprint density at radius 3 is 2.58 bits per heavy atom. The number of esters is 1. The summed E-state index contributed by atoms with van der Waals surface area (Å²) >= 11 is 3.45. The van der Waals surface area contributed by atoms with E-state index in [1.165, 1.54) is 7.11 Å². The third-order valence-corrected chi connectivity index (χ3v) is 4.07. The number of hydrogen-bond acceptors (Lipinski definition) is 4. The molecule has 1 aliphatic rings. The van der Waals surface area contributed by atoms with Crippen LogP contribution in [0.5, 0.6) is 5.75 Å². The zero-order valence-corrected chi connectivity index (χ0v) is 12.9. The van der Waals surface area contributed by atoms with E-state index >= 15 is 0 Å². The molecule has 0 bridgehead atoms. The third kappa shape index (κ3) is 3.09. The van der Waals surface area contributed by atoms with Gasteiger partial charge in [0.15, 0.2) is 0 Å². The zero-order valence-electron chi connectivity index (χ0n) is 11.4. The van der Waals surface area contributed by atoms with Crippen molar-refractivity contribution in [2.24, 2.45) is 0 Å². The maximum Gasteiger partial charge on any atom is 0.327 e. The van der Waals surface area contributed by atoms with Gasteiger partial charge in [-0.25, -0.2) is 4.79 Å². The van der Waals surface area contributed by atoms with Gasteiger partial charge in [-0.1, -0.05) is 6.07 Å². The molecule has 0 saturated heterocycles. The predicted octanol–water partition coefficient (Wildman–Crippen LogP) is 2.77. The fourth-order valence-electron chi connectivity index (χ4n) is 2.19. The van der Waals surface area contributed by atoms with Gasteiger partial charge in [-0.05, 0) is 53.5 Å². The summed E-state index contributed by atoms with van der Waals surface area (Å²) in [7, 11) is 5.01. The molecule has 5 heteroatoms. The average molecular weight is 328 g/mol. The molecular formula is C14H18BrNO3. The second-order valence-electron chi connectivity index (χ2n) is 4.72. The highest BCUT2D eigenvalue weighted by atomic mass is 79.9. The van der Waals surface area contributed by atoms with E-state index in [9.17, 15) is 4.79 Å². The van der Waals surface area contributed by atoms with Gasteiger partial charge in [0.25, 0.3) is 0 Å². The van der Waals surface area contributed by atoms with Crippen LogP contribution in [0.4, 0.5) is 0 Å². The molecule has 2 rings (SSSR count). The summed E-state index contributed by atoms with van der Waals surface area (Å²) in [6, 6.07) is 5.80. The summed E-state index contributed by atoms with van der Waals surface area (Å²) < 4.78 is 11.0. The molecule has 1 aromatic carbocycles. The smallest absolute Gasteiger partial charge is 0.327 e. The topological polar surface area (TPSA) is 38.8 Å². The SMILES string of the molecule is COC(=O)C(c1ccc(OC)c(Br)c1)N(C)C1CC1. The zero-order chi connectivity index (χ0) is 14.0. The van der Waals surface area contributed by atoms with Crippen molar-refractivity contribution in [3.05, 3.63) is 28.2 Å². The maximum atomic E-state index is 12.0. The Labute approximate surface area is 121 Å². The minimum Gasteiger partial charge on any atom is -0.496 e. The highest BCUT2D eigenvalue weighted by molar-refractivity contribution is 9.10. The first-order valence-corrected chi connectivity index (χ1v) is 7.01. The number of ether oxygens (including phenoxy) is 2. The van der Waals surface area contributed by atoms with E-state index in [0.29, 0.717) is 6.04 Å². The molecule has 0 spiro atoms. The number of benzene rings is 1. The number of likely N-dealkylation sites (N-methyl/N-ethyl adjacent to an activating group) is 1. The molecule has 19 heavy (non-hydrogen) atoms. The molecule has 0 amide bonds. The first-order chi connectivity index (χ1) is 9.08. The Morgan fingerprint density at radius 2 is 2.11 bits per heavy atom. The summed E-state index contributed by atoms with van der Waals surface area (Å²) in [4.78, 5) is 14.1. The van der Waals surface area contributed by atoms with Crippen molar-refractivity contribution in [2.45, 2.75) is 24.9 Å². The van der Waals surface area contributed by atoms with Crippen LogP contribution in [0.25, 0.3) is 0 Å². The minimum atomic E-state index is -0.361. The largest absolute Gasteiger partial charge is 0.496 e. The Morgan fingerprint density at radius 1 is 1.42 bits per heavy atom. The normalized spacial score (nSPS) is 16.3. The van der Waals surface area contributed by atoms with Gasteiger partial charge in [-0.3, -0.25) is 4.90 Å². The van der Waals surface area contributed by atoms with Gasteiger partial charge in [0.1, 0.15) is 11.8 Å². The Bertz CT molecular complexity index is 474. The second kappa shape index (κ2) is 5.92. The summed E-state index contributed by atoms with van der Waals surface area (Å²) in [5.74, 6) is 0.521. The molecule has 1 saturated carbocycles. The van der Waals surface area contributed by atoms with Gasteiger partial charge in [0, 0.05) is 6.04 Å². The molecular weight excluding hydrogens is 310 g/mol. The highest BCUT2D eigenvalue weighted by Crippen LogP contribution is 2.36. The van der Waals surface area contributed by atoms with Crippen LogP contribution in [0, 0.1) is 0 Å². The molecule has 1 aromatic rings. The average Bonchev–Trinajstić information content (AvgIpc) is 3.23. The number of hydrogen-bond donors (Lipinski definition) is 0. The molecule has 0 aliphatic heterocycles. The lowest BCUT2D eigenvalue weighted by atomic mass is 10.1. The Balaban J connectivity index is 2.31. The number of halogens is 1. The second-order valence-corrected chi connectivity index (χ2v) is 5.57. The van der Waals surface area contributed by atoms with E-state index in [-0.39, 0.29) is 12.0 Å². The summed E-state index contributed by atoms with van der Waals surface area (Å²) in [5, 5.41) is 0. The van der Waals surface area contributed by atoms with Crippen molar-refractivity contribution in [1.82, 2.24) is 4.90 Å². The van der Waals surface area contributed by atoms with Crippen LogP contribution in [0.3, 0.4) is 0 Å². The van der Waals surface area contributed by atoms with Crippen molar-refractivity contribution in [3.8, 4) is 5.75 Å². The number of rotatable bonds is 5. The summed E-state index contributed by atoms with van der Waals surface area (Å²) in [5.41, 5.74) is 0.911. The third-order valence-electron chi connectivity index (χ3n) is 3.45. The first-order valence-electron chi connectivity index (χ1n) is 6.21. The molecule has 1 unspecified atom stereocenters. The van der Waals surface area contributed by atoms with E-state index in [1.54, 1.807) is 7.11 Å². The fourth-order valence-corrected chi connectivity index (χ4v) is 2.75. The van der Waals surface area contributed by atoms with E-state index in [1.807, 2.05) is 25.2 Å². The van der Waals surface area contributed by atoms with Crippen LogP contribution in [0.1, 0.15) is 24.4 Å². The van der Waals surface area contributed by atoms with E-state index in [0.717, 1.165) is 28.6 Å². The quantitative estimate of drug-likeness (QED) is 0.779. The van der Waals surface area contributed by atoms with Crippen molar-refractivity contribution in [3.63, 3.8) is 0 Å². The lowest BCUT2D eigenvalue weighted by Gasteiger charge is -2.26. The molecule has 1 aliphatic carbocycles. The van der Waals surface area contributed by atoms with Crippen LogP contribution in [0.15, 0.2) is 22.7 Å². The molecule has 0 N–H and O–H groups in total. The van der Waals surface area contributed by atoms with Gasteiger partial charge in [-0.15, -0.1) is 0 Å². The summed E-state index contributed by atoms with van der Waals surface area (Å²) in [6.07, 6.45) is 2.28. The standard InChI is InChI=1S/C14H18BrNO3/c1-16(10-5-6-10)13(14(17)19-3)9-4-7-12(18-2)11(15)8-9/h4,7-8,10,13H,5-6H2,1-3H3. The van der Waals surface area contributed by atoms with Crippen LogP contribution in [-0.4, -0.2) is 38.2 Å². The van der Waals surface area contributed by atoms with E-state index < -0.39 is 0 Å². The number of carbonyl (C=O) groups is 1. The number of methoxy groups -OCH3 is 2. The van der Waals surface area contributed by atoms with Crippen LogP contribution < -0.4 is 4.74 Å². The monoisotopic (exact) mass is 327 g/mol. The van der Waals surface area contributed by atoms with Crippen LogP contribution in [0.2, 0.25) is 0 Å². The van der Waals surface area contributed by atoms with Gasteiger partial charge in [0.05, 0.1) is 18.7 Å². The van der Waals surface area contributed by atoms with E-state index in [4.69, 9.17) is 9.47 Å². The summed E-state index contributed by atoms with van der Waals surface area (Å²) in [6.45, 7) is 0. The maximum absolute atomic E-state index is 12.0.